The predicted molar refractivity (Wildman–Crippen MR) is 73.9 cm³/mol. The number of hydrogen-bond acceptors (Lipinski definition) is 2. The Hall–Kier alpha value is -0.990. The molecule has 1 aromatic carbocycles. The number of benzene rings is 1. The number of nitrogens with one attached hydrogen (secondary N) is 1. The molecule has 1 aromatic rings. The van der Waals surface area contributed by atoms with Gasteiger partial charge in [0.25, 0.3) is 0 Å². The van der Waals surface area contributed by atoms with Gasteiger partial charge in [-0.2, -0.15) is 0 Å². The van der Waals surface area contributed by atoms with E-state index in [1.807, 2.05) is 18.2 Å². The molecule has 0 aliphatic heterocycles. The molecule has 0 spiro atoms. The summed E-state index contributed by atoms with van der Waals surface area (Å²) < 4.78 is 5.63. The molecule has 94 valence electrons. The molecule has 0 saturated carbocycles. The van der Waals surface area contributed by atoms with E-state index in [2.05, 4.69) is 25.7 Å². The summed E-state index contributed by atoms with van der Waals surface area (Å²) in [5.41, 5.74) is 1.09. The van der Waals surface area contributed by atoms with Gasteiger partial charge >= 0.3 is 0 Å². The fourth-order valence-corrected chi connectivity index (χ4v) is 1.79. The highest BCUT2D eigenvalue weighted by Crippen LogP contribution is 2.28. The topological polar surface area (TPSA) is 21.3 Å². The summed E-state index contributed by atoms with van der Waals surface area (Å²) >= 11 is 6.03. The highest BCUT2D eigenvalue weighted by molar-refractivity contribution is 6.30. The molecule has 0 fully saturated rings. The van der Waals surface area contributed by atoms with Gasteiger partial charge in [-0.3, -0.25) is 0 Å². The second-order valence-corrected chi connectivity index (χ2v) is 4.39. The highest BCUT2D eigenvalue weighted by Gasteiger charge is 2.11. The third kappa shape index (κ3) is 4.41. The fraction of sp³-hybridized carbons (Fsp3) is 0.429. The maximum atomic E-state index is 6.03. The van der Waals surface area contributed by atoms with Crippen molar-refractivity contribution in [2.24, 2.45) is 0 Å². The molecular formula is C14H20ClNO. The summed E-state index contributed by atoms with van der Waals surface area (Å²) in [6, 6.07) is 5.93. The van der Waals surface area contributed by atoms with Crippen LogP contribution in [0.2, 0.25) is 5.02 Å². The Morgan fingerprint density at radius 3 is 2.94 bits per heavy atom. The second kappa shape index (κ2) is 7.36. The summed E-state index contributed by atoms with van der Waals surface area (Å²) in [5, 5.41) is 4.16. The third-order valence-electron chi connectivity index (χ3n) is 2.50. The van der Waals surface area contributed by atoms with Crippen molar-refractivity contribution in [1.29, 1.82) is 0 Å². The fourth-order valence-electron chi connectivity index (χ4n) is 1.61. The van der Waals surface area contributed by atoms with Gasteiger partial charge in [0.15, 0.2) is 0 Å². The predicted octanol–water partition coefficient (Wildman–Crippen LogP) is 3.97. The van der Waals surface area contributed by atoms with E-state index in [1.54, 1.807) is 6.08 Å². The van der Waals surface area contributed by atoms with E-state index in [0.717, 1.165) is 29.3 Å². The summed E-state index contributed by atoms with van der Waals surface area (Å²) in [6.07, 6.45) is 2.84. The van der Waals surface area contributed by atoms with Crippen LogP contribution >= 0.6 is 11.6 Å². The Kier molecular flexibility index (Phi) is 6.09. The first kappa shape index (κ1) is 14.1. The SMILES string of the molecule is C=CCOc1ccc(Cl)cc1C(C)NCCC. The normalized spacial score (nSPS) is 12.2. The van der Waals surface area contributed by atoms with Gasteiger partial charge in [0, 0.05) is 16.6 Å². The zero-order valence-electron chi connectivity index (χ0n) is 10.5. The Balaban J connectivity index is 2.85. The van der Waals surface area contributed by atoms with Gasteiger partial charge < -0.3 is 10.1 Å². The molecule has 0 heterocycles. The molecule has 0 bridgehead atoms. The van der Waals surface area contributed by atoms with E-state index in [-0.39, 0.29) is 6.04 Å². The van der Waals surface area contributed by atoms with Gasteiger partial charge in [-0.05, 0) is 38.1 Å². The Morgan fingerprint density at radius 2 is 2.29 bits per heavy atom. The lowest BCUT2D eigenvalue weighted by molar-refractivity contribution is 0.354. The molecule has 3 heteroatoms. The van der Waals surface area contributed by atoms with Gasteiger partial charge in [-0.15, -0.1) is 0 Å². The van der Waals surface area contributed by atoms with Crippen molar-refractivity contribution in [3.05, 3.63) is 41.4 Å². The van der Waals surface area contributed by atoms with E-state index < -0.39 is 0 Å². The molecule has 1 rings (SSSR count). The van der Waals surface area contributed by atoms with Crippen LogP contribution in [0, 0.1) is 0 Å². The van der Waals surface area contributed by atoms with Gasteiger partial charge in [0.05, 0.1) is 0 Å². The standard InChI is InChI=1S/C14H20ClNO/c1-4-8-16-11(3)13-10-12(15)6-7-14(13)17-9-5-2/h5-7,10-11,16H,2,4,8-9H2,1,3H3. The lowest BCUT2D eigenvalue weighted by atomic mass is 10.1. The quantitative estimate of drug-likeness (QED) is 0.743. The summed E-state index contributed by atoms with van der Waals surface area (Å²) in [6.45, 7) is 9.40. The van der Waals surface area contributed by atoms with Crippen LogP contribution in [-0.4, -0.2) is 13.2 Å². The molecule has 17 heavy (non-hydrogen) atoms. The van der Waals surface area contributed by atoms with Gasteiger partial charge in [0.1, 0.15) is 12.4 Å². The molecule has 0 aliphatic rings. The molecule has 1 atom stereocenters. The van der Waals surface area contributed by atoms with Crippen molar-refractivity contribution in [2.45, 2.75) is 26.3 Å². The van der Waals surface area contributed by atoms with Crippen LogP contribution in [-0.2, 0) is 0 Å². The number of hydrogen-bond donors (Lipinski definition) is 1. The van der Waals surface area contributed by atoms with Crippen LogP contribution in [0.4, 0.5) is 0 Å². The number of rotatable bonds is 7. The molecule has 1 unspecified atom stereocenters. The average molecular weight is 254 g/mol. The van der Waals surface area contributed by atoms with E-state index in [0.29, 0.717) is 6.61 Å². The lowest BCUT2D eigenvalue weighted by Crippen LogP contribution is -2.20. The Morgan fingerprint density at radius 1 is 1.53 bits per heavy atom. The van der Waals surface area contributed by atoms with Gasteiger partial charge in [0.2, 0.25) is 0 Å². The monoisotopic (exact) mass is 253 g/mol. The first-order chi connectivity index (χ1) is 8.19. The van der Waals surface area contributed by atoms with Crippen LogP contribution in [0.5, 0.6) is 5.75 Å². The van der Waals surface area contributed by atoms with E-state index in [4.69, 9.17) is 16.3 Å². The van der Waals surface area contributed by atoms with Crippen molar-refractivity contribution in [1.82, 2.24) is 5.32 Å². The van der Waals surface area contributed by atoms with E-state index in [1.165, 1.54) is 0 Å². The van der Waals surface area contributed by atoms with Crippen LogP contribution in [0.3, 0.4) is 0 Å². The van der Waals surface area contributed by atoms with E-state index in [9.17, 15) is 0 Å². The maximum Gasteiger partial charge on any atom is 0.124 e. The number of halogens is 1. The zero-order valence-corrected chi connectivity index (χ0v) is 11.3. The van der Waals surface area contributed by atoms with Crippen molar-refractivity contribution in [3.8, 4) is 5.75 Å². The van der Waals surface area contributed by atoms with Crippen LogP contribution < -0.4 is 10.1 Å². The largest absolute Gasteiger partial charge is 0.489 e. The van der Waals surface area contributed by atoms with E-state index >= 15 is 0 Å². The molecule has 0 amide bonds. The molecule has 0 aliphatic carbocycles. The molecule has 1 N–H and O–H groups in total. The zero-order chi connectivity index (χ0) is 12.7. The Bertz CT molecular complexity index is 365. The van der Waals surface area contributed by atoms with Crippen molar-refractivity contribution in [2.75, 3.05) is 13.2 Å². The molecular weight excluding hydrogens is 234 g/mol. The first-order valence-corrected chi connectivity index (χ1v) is 6.33. The molecule has 2 nitrogen and oxygen atoms in total. The smallest absolute Gasteiger partial charge is 0.124 e. The van der Waals surface area contributed by atoms with Gasteiger partial charge in [-0.25, -0.2) is 0 Å². The summed E-state index contributed by atoms with van der Waals surface area (Å²) in [5.74, 6) is 0.866. The summed E-state index contributed by atoms with van der Waals surface area (Å²) in [7, 11) is 0. The minimum atomic E-state index is 0.230. The van der Waals surface area contributed by atoms with Crippen molar-refractivity contribution >= 4 is 11.6 Å². The van der Waals surface area contributed by atoms with Crippen LogP contribution in [0.1, 0.15) is 31.9 Å². The lowest BCUT2D eigenvalue weighted by Gasteiger charge is -2.18. The number of ether oxygens (including phenoxy) is 1. The maximum absolute atomic E-state index is 6.03. The molecule has 0 saturated heterocycles. The van der Waals surface area contributed by atoms with Crippen LogP contribution in [0.25, 0.3) is 0 Å². The minimum absolute atomic E-state index is 0.230. The van der Waals surface area contributed by atoms with Gasteiger partial charge in [-0.1, -0.05) is 31.2 Å². The van der Waals surface area contributed by atoms with Crippen molar-refractivity contribution in [3.63, 3.8) is 0 Å². The summed E-state index contributed by atoms with van der Waals surface area (Å²) in [4.78, 5) is 0. The van der Waals surface area contributed by atoms with Crippen molar-refractivity contribution < 1.29 is 4.74 Å². The third-order valence-corrected chi connectivity index (χ3v) is 2.73. The highest BCUT2D eigenvalue weighted by atomic mass is 35.5. The second-order valence-electron chi connectivity index (χ2n) is 3.96. The molecule has 0 radical (unpaired) electrons. The Labute approximate surface area is 109 Å². The molecule has 0 aromatic heterocycles. The average Bonchev–Trinajstić information content (AvgIpc) is 2.34. The first-order valence-electron chi connectivity index (χ1n) is 5.95. The minimum Gasteiger partial charge on any atom is -0.489 e. The van der Waals surface area contributed by atoms with Crippen LogP contribution in [0.15, 0.2) is 30.9 Å².